The van der Waals surface area contributed by atoms with Crippen molar-refractivity contribution in [2.75, 3.05) is 19.5 Å². The fourth-order valence-corrected chi connectivity index (χ4v) is 2.79. The molecule has 2 aromatic carbocycles. The SMILES string of the molecule is COc1cccc(C(Nc2ccc(C#N)cn2)c2cc(F)ccc2OC)c1. The van der Waals surface area contributed by atoms with Crippen molar-refractivity contribution in [3.8, 4) is 17.6 Å². The number of methoxy groups -OCH3 is 2. The van der Waals surface area contributed by atoms with Crippen molar-refractivity contribution in [1.82, 2.24) is 4.98 Å². The van der Waals surface area contributed by atoms with E-state index in [2.05, 4.69) is 10.3 Å². The van der Waals surface area contributed by atoms with Gasteiger partial charge in [0, 0.05) is 11.8 Å². The van der Waals surface area contributed by atoms with Gasteiger partial charge in [-0.2, -0.15) is 5.26 Å². The Morgan fingerprint density at radius 1 is 1.07 bits per heavy atom. The Morgan fingerprint density at radius 3 is 2.59 bits per heavy atom. The molecule has 0 fully saturated rings. The van der Waals surface area contributed by atoms with Crippen LogP contribution >= 0.6 is 0 Å². The Balaban J connectivity index is 2.08. The highest BCUT2D eigenvalue weighted by atomic mass is 19.1. The summed E-state index contributed by atoms with van der Waals surface area (Å²) in [5, 5.41) is 12.2. The molecule has 1 heterocycles. The number of nitrogens with one attached hydrogen (secondary N) is 1. The number of nitriles is 1. The zero-order valence-corrected chi connectivity index (χ0v) is 14.9. The molecule has 0 aliphatic heterocycles. The van der Waals surface area contributed by atoms with E-state index in [1.807, 2.05) is 30.3 Å². The molecule has 1 N–H and O–H groups in total. The van der Waals surface area contributed by atoms with Crippen LogP contribution in [0.2, 0.25) is 0 Å². The first-order valence-corrected chi connectivity index (χ1v) is 8.24. The summed E-state index contributed by atoms with van der Waals surface area (Å²) in [6, 6.07) is 16.8. The van der Waals surface area contributed by atoms with Gasteiger partial charge in [0.25, 0.3) is 0 Å². The van der Waals surface area contributed by atoms with Crippen LogP contribution in [0.4, 0.5) is 10.2 Å². The van der Waals surface area contributed by atoms with Crippen LogP contribution in [0, 0.1) is 17.1 Å². The molecule has 0 bridgehead atoms. The molecule has 0 spiro atoms. The number of ether oxygens (including phenoxy) is 2. The third kappa shape index (κ3) is 4.15. The van der Waals surface area contributed by atoms with Crippen LogP contribution in [-0.4, -0.2) is 19.2 Å². The molecule has 0 saturated carbocycles. The van der Waals surface area contributed by atoms with Gasteiger partial charge in [-0.25, -0.2) is 9.37 Å². The number of benzene rings is 2. The first-order chi connectivity index (χ1) is 13.1. The summed E-state index contributed by atoms with van der Waals surface area (Å²) in [4.78, 5) is 4.26. The van der Waals surface area contributed by atoms with Crippen LogP contribution in [0.5, 0.6) is 11.5 Å². The number of pyridine rings is 1. The summed E-state index contributed by atoms with van der Waals surface area (Å²) in [6.07, 6.45) is 1.48. The Labute approximate surface area is 157 Å². The van der Waals surface area contributed by atoms with Gasteiger partial charge in [0.1, 0.15) is 29.2 Å². The minimum atomic E-state index is -0.439. The van der Waals surface area contributed by atoms with Crippen LogP contribution in [0.3, 0.4) is 0 Å². The maximum Gasteiger partial charge on any atom is 0.126 e. The molecular weight excluding hydrogens is 345 g/mol. The van der Waals surface area contributed by atoms with Gasteiger partial charge in [0.05, 0.1) is 25.8 Å². The Kier molecular flexibility index (Phi) is 5.53. The molecule has 0 saturated heterocycles. The second-order valence-corrected chi connectivity index (χ2v) is 5.78. The number of nitrogens with zero attached hydrogens (tertiary/aromatic N) is 2. The standard InChI is InChI=1S/C21H18FN3O2/c1-26-17-5-3-4-15(10-17)21(18-11-16(22)7-8-19(18)27-2)25-20-9-6-14(12-23)13-24-20/h3-11,13,21H,1-2H3,(H,24,25). The molecule has 1 atom stereocenters. The van der Waals surface area contributed by atoms with E-state index in [4.69, 9.17) is 14.7 Å². The number of halogens is 1. The van der Waals surface area contributed by atoms with Crippen LogP contribution in [0.25, 0.3) is 0 Å². The third-order valence-corrected chi connectivity index (χ3v) is 4.11. The molecule has 0 aliphatic carbocycles. The molecule has 0 radical (unpaired) electrons. The Hall–Kier alpha value is -3.59. The minimum Gasteiger partial charge on any atom is -0.497 e. The Morgan fingerprint density at radius 2 is 1.93 bits per heavy atom. The molecule has 1 unspecified atom stereocenters. The van der Waals surface area contributed by atoms with Crippen molar-refractivity contribution in [3.63, 3.8) is 0 Å². The maximum atomic E-state index is 14.0. The molecular formula is C21H18FN3O2. The lowest BCUT2D eigenvalue weighted by molar-refractivity contribution is 0.406. The molecule has 3 aromatic rings. The zero-order chi connectivity index (χ0) is 19.2. The summed E-state index contributed by atoms with van der Waals surface area (Å²) in [5.41, 5.74) is 1.93. The van der Waals surface area contributed by atoms with Crippen LogP contribution in [-0.2, 0) is 0 Å². The molecule has 0 amide bonds. The predicted octanol–water partition coefficient (Wildman–Crippen LogP) is 4.31. The first kappa shape index (κ1) is 18.2. The Bertz CT molecular complexity index is 968. The normalized spacial score (nSPS) is 11.3. The van der Waals surface area contributed by atoms with Crippen molar-refractivity contribution in [1.29, 1.82) is 5.26 Å². The van der Waals surface area contributed by atoms with E-state index in [1.54, 1.807) is 32.4 Å². The number of hydrogen-bond donors (Lipinski definition) is 1. The number of rotatable bonds is 6. The zero-order valence-electron chi connectivity index (χ0n) is 14.9. The van der Waals surface area contributed by atoms with E-state index in [1.165, 1.54) is 18.3 Å². The van der Waals surface area contributed by atoms with Crippen molar-refractivity contribution in [3.05, 3.63) is 83.3 Å². The fourth-order valence-electron chi connectivity index (χ4n) is 2.79. The molecule has 0 aliphatic rings. The van der Waals surface area contributed by atoms with E-state index < -0.39 is 6.04 Å². The molecule has 136 valence electrons. The molecule has 6 heteroatoms. The number of anilines is 1. The van der Waals surface area contributed by atoms with Crippen LogP contribution < -0.4 is 14.8 Å². The summed E-state index contributed by atoms with van der Waals surface area (Å²) in [7, 11) is 3.13. The van der Waals surface area contributed by atoms with E-state index in [-0.39, 0.29) is 5.82 Å². The first-order valence-electron chi connectivity index (χ1n) is 8.24. The van der Waals surface area contributed by atoms with Crippen molar-refractivity contribution >= 4 is 5.82 Å². The highest BCUT2D eigenvalue weighted by molar-refractivity contribution is 5.51. The van der Waals surface area contributed by atoms with E-state index in [9.17, 15) is 4.39 Å². The topological polar surface area (TPSA) is 67.2 Å². The quantitative estimate of drug-likeness (QED) is 0.707. The van der Waals surface area contributed by atoms with Gasteiger partial charge in [0.2, 0.25) is 0 Å². The summed E-state index contributed by atoms with van der Waals surface area (Å²) in [6.45, 7) is 0. The van der Waals surface area contributed by atoms with Gasteiger partial charge in [-0.1, -0.05) is 12.1 Å². The lowest BCUT2D eigenvalue weighted by Crippen LogP contribution is -2.15. The highest BCUT2D eigenvalue weighted by Gasteiger charge is 2.20. The van der Waals surface area contributed by atoms with Gasteiger partial charge < -0.3 is 14.8 Å². The largest absolute Gasteiger partial charge is 0.497 e. The molecule has 27 heavy (non-hydrogen) atoms. The van der Waals surface area contributed by atoms with Crippen molar-refractivity contribution < 1.29 is 13.9 Å². The van der Waals surface area contributed by atoms with Crippen molar-refractivity contribution in [2.24, 2.45) is 0 Å². The summed E-state index contributed by atoms with van der Waals surface area (Å²) < 4.78 is 24.7. The minimum absolute atomic E-state index is 0.367. The van der Waals surface area contributed by atoms with E-state index >= 15 is 0 Å². The van der Waals surface area contributed by atoms with Gasteiger partial charge >= 0.3 is 0 Å². The average Bonchev–Trinajstić information content (AvgIpc) is 2.72. The molecule has 1 aromatic heterocycles. The van der Waals surface area contributed by atoms with E-state index in [0.29, 0.717) is 28.4 Å². The van der Waals surface area contributed by atoms with E-state index in [0.717, 1.165) is 5.56 Å². The van der Waals surface area contributed by atoms with Gasteiger partial charge in [-0.15, -0.1) is 0 Å². The number of aromatic nitrogens is 1. The number of hydrogen-bond acceptors (Lipinski definition) is 5. The summed E-state index contributed by atoms with van der Waals surface area (Å²) >= 11 is 0. The third-order valence-electron chi connectivity index (χ3n) is 4.11. The summed E-state index contributed by atoms with van der Waals surface area (Å²) in [5.74, 6) is 1.41. The van der Waals surface area contributed by atoms with Gasteiger partial charge in [-0.3, -0.25) is 0 Å². The lowest BCUT2D eigenvalue weighted by atomic mass is 9.97. The monoisotopic (exact) mass is 363 g/mol. The molecule has 3 rings (SSSR count). The smallest absolute Gasteiger partial charge is 0.126 e. The lowest BCUT2D eigenvalue weighted by Gasteiger charge is -2.23. The predicted molar refractivity (Wildman–Crippen MR) is 100 cm³/mol. The maximum absolute atomic E-state index is 14.0. The average molecular weight is 363 g/mol. The van der Waals surface area contributed by atoms with Crippen LogP contribution in [0.1, 0.15) is 22.7 Å². The second-order valence-electron chi connectivity index (χ2n) is 5.78. The van der Waals surface area contributed by atoms with Crippen molar-refractivity contribution in [2.45, 2.75) is 6.04 Å². The second kappa shape index (κ2) is 8.19. The van der Waals surface area contributed by atoms with Crippen LogP contribution in [0.15, 0.2) is 60.8 Å². The van der Waals surface area contributed by atoms with Gasteiger partial charge in [0.15, 0.2) is 0 Å². The molecule has 5 nitrogen and oxygen atoms in total. The van der Waals surface area contributed by atoms with Gasteiger partial charge in [-0.05, 0) is 48.0 Å². The fraction of sp³-hybridized carbons (Fsp3) is 0.143. The highest BCUT2D eigenvalue weighted by Crippen LogP contribution is 2.34.